The first-order valence-corrected chi connectivity index (χ1v) is 10.3. The monoisotopic (exact) mass is 420 g/mol. The molecule has 1 heterocycles. The lowest BCUT2D eigenvalue weighted by Crippen LogP contribution is -2.36. The lowest BCUT2D eigenvalue weighted by Gasteiger charge is -2.30. The maximum absolute atomic E-state index is 12.6. The van der Waals surface area contributed by atoms with Crippen LogP contribution < -0.4 is 20.9 Å². The molecule has 4 rings (SSSR count). The zero-order valence-corrected chi connectivity index (χ0v) is 17.2. The lowest BCUT2D eigenvalue weighted by molar-refractivity contribution is -0.132. The van der Waals surface area contributed by atoms with Gasteiger partial charge in [-0.05, 0) is 67.6 Å². The summed E-state index contributed by atoms with van der Waals surface area (Å²) in [5.41, 5.74) is 3.38. The van der Waals surface area contributed by atoms with Gasteiger partial charge < -0.3 is 20.9 Å². The molecule has 0 spiro atoms. The predicted octanol–water partition coefficient (Wildman–Crippen LogP) is 2.91. The summed E-state index contributed by atoms with van der Waals surface area (Å²) in [6.07, 6.45) is 3.67. The van der Waals surface area contributed by atoms with Crippen molar-refractivity contribution in [3.8, 4) is 0 Å². The average Bonchev–Trinajstić information content (AvgIpc) is 3.59. The van der Waals surface area contributed by atoms with Gasteiger partial charge in [-0.2, -0.15) is 0 Å². The van der Waals surface area contributed by atoms with E-state index >= 15 is 0 Å². The fourth-order valence-electron chi connectivity index (χ4n) is 3.65. The van der Waals surface area contributed by atoms with Crippen molar-refractivity contribution in [2.75, 3.05) is 27.4 Å². The Hall–Kier alpha value is -3.68. The van der Waals surface area contributed by atoms with E-state index < -0.39 is 11.8 Å². The van der Waals surface area contributed by atoms with Crippen molar-refractivity contribution in [1.29, 1.82) is 0 Å². The van der Waals surface area contributed by atoms with Gasteiger partial charge in [0.25, 0.3) is 0 Å². The van der Waals surface area contributed by atoms with Gasteiger partial charge in [-0.1, -0.05) is 6.07 Å². The zero-order chi connectivity index (χ0) is 22.0. The molecule has 1 aliphatic heterocycles. The van der Waals surface area contributed by atoms with Crippen molar-refractivity contribution in [3.05, 3.63) is 48.0 Å². The van der Waals surface area contributed by atoms with Crippen LogP contribution in [0.3, 0.4) is 0 Å². The van der Waals surface area contributed by atoms with Crippen LogP contribution in [-0.2, 0) is 25.6 Å². The summed E-state index contributed by atoms with van der Waals surface area (Å²) in [6, 6.07) is 11.9. The Kier molecular flexibility index (Phi) is 5.70. The van der Waals surface area contributed by atoms with E-state index in [9.17, 15) is 19.2 Å². The molecule has 0 atom stereocenters. The molecule has 2 aromatic carbocycles. The number of amides is 4. The van der Waals surface area contributed by atoms with Crippen LogP contribution in [0.15, 0.2) is 42.5 Å². The third-order valence-electron chi connectivity index (χ3n) is 5.32. The first-order valence-electron chi connectivity index (χ1n) is 10.3. The lowest BCUT2D eigenvalue weighted by atomic mass is 10.0. The highest BCUT2D eigenvalue weighted by atomic mass is 16.2. The summed E-state index contributed by atoms with van der Waals surface area (Å²) in [6.45, 7) is 2.08. The molecular formula is C23H24N4O4. The largest absolute Gasteiger partial charge is 0.326 e. The Labute approximate surface area is 180 Å². The average molecular weight is 420 g/mol. The molecular weight excluding hydrogens is 396 g/mol. The van der Waals surface area contributed by atoms with E-state index in [1.165, 1.54) is 6.92 Å². The number of hydrogen-bond donors (Lipinski definition) is 3. The highest BCUT2D eigenvalue weighted by molar-refractivity contribution is 6.43. The molecule has 1 fully saturated rings. The van der Waals surface area contributed by atoms with Crippen LogP contribution in [0.2, 0.25) is 0 Å². The summed E-state index contributed by atoms with van der Waals surface area (Å²) < 4.78 is 0. The predicted molar refractivity (Wildman–Crippen MR) is 118 cm³/mol. The van der Waals surface area contributed by atoms with E-state index in [0.29, 0.717) is 23.6 Å². The Morgan fingerprint density at radius 1 is 0.839 bits per heavy atom. The Balaban J connectivity index is 1.41. The van der Waals surface area contributed by atoms with Gasteiger partial charge in [0, 0.05) is 42.1 Å². The maximum Gasteiger partial charge on any atom is 0.314 e. The number of nitrogens with zero attached hydrogens (tertiary/aromatic N) is 1. The van der Waals surface area contributed by atoms with Gasteiger partial charge in [-0.15, -0.1) is 0 Å². The molecule has 0 bridgehead atoms. The van der Waals surface area contributed by atoms with E-state index in [2.05, 4.69) is 16.0 Å². The number of nitrogens with one attached hydrogen (secondary N) is 3. The molecule has 0 saturated heterocycles. The van der Waals surface area contributed by atoms with Crippen molar-refractivity contribution >= 4 is 46.4 Å². The minimum absolute atomic E-state index is 0.118. The standard InChI is InChI=1S/C23H24N4O4/c1-14(28)24-17-8-10-18(11-9-17)25-21(29)22(30)26-19-7-6-15-3-2-12-27(20(15)13-19)23(31)16-4-5-16/h6-11,13,16H,2-5,12H2,1H3,(H,24,28)(H,25,29)(H,26,30). The molecule has 8 nitrogen and oxygen atoms in total. The minimum Gasteiger partial charge on any atom is -0.326 e. The number of aryl methyl sites for hydroxylation is 1. The summed E-state index contributed by atoms with van der Waals surface area (Å²) >= 11 is 0. The van der Waals surface area contributed by atoms with E-state index in [4.69, 9.17) is 0 Å². The molecule has 0 unspecified atom stereocenters. The molecule has 4 amide bonds. The maximum atomic E-state index is 12.6. The topological polar surface area (TPSA) is 108 Å². The van der Waals surface area contributed by atoms with Gasteiger partial charge in [0.15, 0.2) is 0 Å². The van der Waals surface area contributed by atoms with Gasteiger partial charge in [0.2, 0.25) is 11.8 Å². The molecule has 2 aliphatic rings. The van der Waals surface area contributed by atoms with Crippen LogP contribution in [0.4, 0.5) is 22.7 Å². The number of carbonyl (C=O) groups is 4. The van der Waals surface area contributed by atoms with Crippen LogP contribution in [0.5, 0.6) is 0 Å². The van der Waals surface area contributed by atoms with Gasteiger partial charge >= 0.3 is 11.8 Å². The van der Waals surface area contributed by atoms with Crippen LogP contribution in [0.1, 0.15) is 31.7 Å². The van der Waals surface area contributed by atoms with E-state index in [1.807, 2.05) is 11.0 Å². The number of anilines is 4. The summed E-state index contributed by atoms with van der Waals surface area (Å²) in [5.74, 6) is -1.55. The van der Waals surface area contributed by atoms with E-state index in [0.717, 1.165) is 36.9 Å². The summed E-state index contributed by atoms with van der Waals surface area (Å²) in [4.78, 5) is 50.1. The number of fused-ring (bicyclic) bond motifs is 1. The molecule has 31 heavy (non-hydrogen) atoms. The Morgan fingerprint density at radius 2 is 1.42 bits per heavy atom. The Morgan fingerprint density at radius 3 is 2.03 bits per heavy atom. The van der Waals surface area contributed by atoms with Crippen molar-refractivity contribution in [1.82, 2.24) is 0 Å². The van der Waals surface area contributed by atoms with Crippen LogP contribution in [0.25, 0.3) is 0 Å². The van der Waals surface area contributed by atoms with Crippen LogP contribution >= 0.6 is 0 Å². The minimum atomic E-state index is -0.809. The van der Waals surface area contributed by atoms with E-state index in [-0.39, 0.29) is 17.7 Å². The zero-order valence-electron chi connectivity index (χ0n) is 17.2. The van der Waals surface area contributed by atoms with E-state index in [1.54, 1.807) is 36.4 Å². The molecule has 0 aromatic heterocycles. The number of carbonyl (C=O) groups excluding carboxylic acids is 4. The van der Waals surface area contributed by atoms with Crippen molar-refractivity contribution in [2.45, 2.75) is 32.6 Å². The first kappa shape index (κ1) is 20.6. The number of hydrogen-bond acceptors (Lipinski definition) is 4. The van der Waals surface area contributed by atoms with Crippen molar-refractivity contribution < 1.29 is 19.2 Å². The van der Waals surface area contributed by atoms with Crippen molar-refractivity contribution in [3.63, 3.8) is 0 Å². The second-order valence-electron chi connectivity index (χ2n) is 7.88. The summed E-state index contributed by atoms with van der Waals surface area (Å²) in [5, 5.41) is 7.76. The number of rotatable bonds is 4. The highest BCUT2D eigenvalue weighted by Gasteiger charge is 2.35. The summed E-state index contributed by atoms with van der Waals surface area (Å²) in [7, 11) is 0. The van der Waals surface area contributed by atoms with Crippen molar-refractivity contribution in [2.24, 2.45) is 5.92 Å². The SMILES string of the molecule is CC(=O)Nc1ccc(NC(=O)C(=O)Nc2ccc3c(c2)N(C(=O)C2CC2)CCC3)cc1. The second-order valence-corrected chi connectivity index (χ2v) is 7.88. The van der Waals surface area contributed by atoms with Gasteiger partial charge in [-0.3, -0.25) is 19.2 Å². The molecule has 1 aliphatic carbocycles. The smallest absolute Gasteiger partial charge is 0.314 e. The quantitative estimate of drug-likeness (QED) is 0.661. The van der Waals surface area contributed by atoms with Gasteiger partial charge in [-0.25, -0.2) is 0 Å². The fraction of sp³-hybridized carbons (Fsp3) is 0.304. The van der Waals surface area contributed by atoms with Gasteiger partial charge in [0.05, 0.1) is 0 Å². The van der Waals surface area contributed by atoms with Crippen LogP contribution in [0, 0.1) is 5.92 Å². The highest BCUT2D eigenvalue weighted by Crippen LogP contribution is 2.36. The molecule has 0 radical (unpaired) electrons. The van der Waals surface area contributed by atoms with Gasteiger partial charge in [0.1, 0.15) is 0 Å². The Bertz CT molecular complexity index is 1040. The third-order valence-corrected chi connectivity index (χ3v) is 5.32. The second kappa shape index (κ2) is 8.59. The van der Waals surface area contributed by atoms with Crippen LogP contribution in [-0.4, -0.2) is 30.2 Å². The number of benzene rings is 2. The molecule has 160 valence electrons. The molecule has 2 aromatic rings. The molecule has 1 saturated carbocycles. The normalized spacial score (nSPS) is 14.9. The third kappa shape index (κ3) is 4.91. The fourth-order valence-corrected chi connectivity index (χ4v) is 3.65. The first-order chi connectivity index (χ1) is 14.9. The molecule has 3 N–H and O–H groups in total. The molecule has 8 heteroatoms.